The number of fused-ring (bicyclic) bond motifs is 2. The number of hydrogen-bond acceptors (Lipinski definition) is 6. The Labute approximate surface area is 158 Å². The molecule has 0 bridgehead atoms. The predicted molar refractivity (Wildman–Crippen MR) is 106 cm³/mol. The van der Waals surface area contributed by atoms with Crippen LogP contribution in [0.2, 0.25) is 0 Å². The molecule has 0 fully saturated rings. The van der Waals surface area contributed by atoms with E-state index in [1.165, 1.54) is 0 Å². The van der Waals surface area contributed by atoms with E-state index in [4.69, 9.17) is 20.2 Å². The molecule has 0 aliphatic heterocycles. The summed E-state index contributed by atoms with van der Waals surface area (Å²) in [5, 5.41) is 0. The standard InChI is InChI=1S/C20H26N4O3/c1-4-5-8-11-24-18(21)16(20(25)27-13(2)12-26-3)17-19(24)23-15-10-7-6-9-14(15)22-17/h6-7,9-10,13H,4-5,8,11-12,21H2,1-3H3. The number of aromatic nitrogens is 3. The van der Waals surface area contributed by atoms with Gasteiger partial charge >= 0.3 is 5.97 Å². The first kappa shape index (κ1) is 19.1. The molecule has 3 rings (SSSR count). The second kappa shape index (κ2) is 8.35. The number of ether oxygens (including phenoxy) is 2. The monoisotopic (exact) mass is 370 g/mol. The van der Waals surface area contributed by atoms with Gasteiger partial charge in [0.1, 0.15) is 23.0 Å². The summed E-state index contributed by atoms with van der Waals surface area (Å²) in [5.74, 6) is -0.146. The van der Waals surface area contributed by atoms with Gasteiger partial charge in [-0.15, -0.1) is 0 Å². The van der Waals surface area contributed by atoms with Crippen LogP contribution in [0.3, 0.4) is 0 Å². The number of unbranched alkanes of at least 4 members (excludes halogenated alkanes) is 2. The van der Waals surface area contributed by atoms with Crippen LogP contribution in [0.5, 0.6) is 0 Å². The van der Waals surface area contributed by atoms with Crippen molar-refractivity contribution in [3.8, 4) is 0 Å². The van der Waals surface area contributed by atoms with Crippen LogP contribution in [-0.4, -0.2) is 40.3 Å². The zero-order chi connectivity index (χ0) is 19.4. The molecule has 0 aliphatic carbocycles. The normalized spacial score (nSPS) is 12.6. The Kier molecular flexibility index (Phi) is 5.91. The van der Waals surface area contributed by atoms with Crippen molar-refractivity contribution in [1.29, 1.82) is 0 Å². The predicted octanol–water partition coefficient (Wildman–Crippen LogP) is 3.55. The Bertz CT molecular complexity index is 951. The Hall–Kier alpha value is -2.67. The molecule has 2 heterocycles. The number of para-hydroxylation sites is 2. The SMILES string of the molecule is CCCCCn1c(N)c(C(=O)OC(C)COC)c2nc3ccccc3nc21. The van der Waals surface area contributed by atoms with Crippen LogP contribution in [-0.2, 0) is 16.0 Å². The summed E-state index contributed by atoms with van der Waals surface area (Å²) in [6.45, 7) is 4.92. The van der Waals surface area contributed by atoms with Gasteiger partial charge in [0.05, 0.1) is 17.6 Å². The van der Waals surface area contributed by atoms with Crippen LogP contribution in [0.15, 0.2) is 24.3 Å². The number of hydrogen-bond donors (Lipinski definition) is 1. The van der Waals surface area contributed by atoms with E-state index in [0.29, 0.717) is 30.1 Å². The van der Waals surface area contributed by atoms with E-state index in [9.17, 15) is 4.79 Å². The first-order chi connectivity index (χ1) is 13.1. The minimum absolute atomic E-state index is 0.280. The molecular weight excluding hydrogens is 344 g/mol. The first-order valence-electron chi connectivity index (χ1n) is 9.31. The molecule has 1 aromatic carbocycles. The van der Waals surface area contributed by atoms with Crippen LogP contribution in [0.1, 0.15) is 43.5 Å². The Morgan fingerprint density at radius 2 is 1.93 bits per heavy atom. The molecule has 144 valence electrons. The van der Waals surface area contributed by atoms with Crippen molar-refractivity contribution in [2.75, 3.05) is 19.5 Å². The number of nitrogens with two attached hydrogens (primary N) is 1. The van der Waals surface area contributed by atoms with E-state index >= 15 is 0 Å². The number of rotatable bonds is 8. The number of anilines is 1. The van der Waals surface area contributed by atoms with Crippen molar-refractivity contribution >= 4 is 34.0 Å². The summed E-state index contributed by atoms with van der Waals surface area (Å²) < 4.78 is 12.4. The van der Waals surface area contributed by atoms with Crippen molar-refractivity contribution in [3.05, 3.63) is 29.8 Å². The lowest BCUT2D eigenvalue weighted by Gasteiger charge is -2.12. The highest BCUT2D eigenvalue weighted by Crippen LogP contribution is 2.29. The first-order valence-corrected chi connectivity index (χ1v) is 9.31. The van der Waals surface area contributed by atoms with Crippen molar-refractivity contribution < 1.29 is 14.3 Å². The van der Waals surface area contributed by atoms with Gasteiger partial charge in [0.2, 0.25) is 0 Å². The molecular formula is C20H26N4O3. The van der Waals surface area contributed by atoms with E-state index in [1.54, 1.807) is 14.0 Å². The van der Waals surface area contributed by atoms with E-state index in [1.807, 2.05) is 28.8 Å². The summed E-state index contributed by atoms with van der Waals surface area (Å²) in [6, 6.07) is 7.58. The third-order valence-corrected chi connectivity index (χ3v) is 4.49. The lowest BCUT2D eigenvalue weighted by atomic mass is 10.2. The second-order valence-electron chi connectivity index (χ2n) is 6.67. The fourth-order valence-corrected chi connectivity index (χ4v) is 3.17. The van der Waals surface area contributed by atoms with Crippen LogP contribution >= 0.6 is 0 Å². The minimum atomic E-state index is -0.499. The van der Waals surface area contributed by atoms with Gasteiger partial charge in [-0.25, -0.2) is 14.8 Å². The van der Waals surface area contributed by atoms with Gasteiger partial charge in [-0.05, 0) is 25.5 Å². The number of esters is 1. The number of nitrogens with zero attached hydrogens (tertiary/aromatic N) is 3. The highest BCUT2D eigenvalue weighted by atomic mass is 16.6. The third-order valence-electron chi connectivity index (χ3n) is 4.49. The molecule has 2 N–H and O–H groups in total. The van der Waals surface area contributed by atoms with E-state index in [2.05, 4.69) is 11.9 Å². The fraction of sp³-hybridized carbons (Fsp3) is 0.450. The minimum Gasteiger partial charge on any atom is -0.456 e. The summed E-state index contributed by atoms with van der Waals surface area (Å²) in [6.07, 6.45) is 2.74. The number of nitrogen functional groups attached to an aromatic ring is 1. The van der Waals surface area contributed by atoms with Gasteiger partial charge in [-0.3, -0.25) is 0 Å². The van der Waals surface area contributed by atoms with Gasteiger partial charge in [-0.2, -0.15) is 0 Å². The Morgan fingerprint density at radius 1 is 1.22 bits per heavy atom. The molecule has 0 saturated carbocycles. The van der Waals surface area contributed by atoms with Crippen molar-refractivity contribution in [1.82, 2.24) is 14.5 Å². The van der Waals surface area contributed by atoms with Gasteiger partial charge in [0.25, 0.3) is 0 Å². The molecule has 1 atom stereocenters. The average molecular weight is 370 g/mol. The highest BCUT2D eigenvalue weighted by Gasteiger charge is 2.26. The maximum Gasteiger partial charge on any atom is 0.344 e. The van der Waals surface area contributed by atoms with E-state index in [0.717, 1.165) is 30.3 Å². The smallest absolute Gasteiger partial charge is 0.344 e. The van der Waals surface area contributed by atoms with Crippen LogP contribution in [0.25, 0.3) is 22.2 Å². The molecule has 7 heteroatoms. The zero-order valence-corrected chi connectivity index (χ0v) is 16.1. The Balaban J connectivity index is 2.11. The van der Waals surface area contributed by atoms with Crippen molar-refractivity contribution in [3.63, 3.8) is 0 Å². The van der Waals surface area contributed by atoms with Gasteiger partial charge in [0.15, 0.2) is 5.65 Å². The molecule has 3 aromatic rings. The van der Waals surface area contributed by atoms with Crippen LogP contribution < -0.4 is 5.73 Å². The maximum absolute atomic E-state index is 12.8. The summed E-state index contributed by atoms with van der Waals surface area (Å²) >= 11 is 0. The lowest BCUT2D eigenvalue weighted by molar-refractivity contribution is 0.0123. The van der Waals surface area contributed by atoms with Gasteiger partial charge in [0, 0.05) is 13.7 Å². The summed E-state index contributed by atoms with van der Waals surface area (Å²) in [5.41, 5.74) is 9.23. The zero-order valence-electron chi connectivity index (χ0n) is 16.1. The largest absolute Gasteiger partial charge is 0.456 e. The molecule has 7 nitrogen and oxygen atoms in total. The third kappa shape index (κ3) is 3.88. The molecule has 27 heavy (non-hydrogen) atoms. The summed E-state index contributed by atoms with van der Waals surface area (Å²) in [4.78, 5) is 22.2. The van der Waals surface area contributed by atoms with Gasteiger partial charge < -0.3 is 19.8 Å². The second-order valence-corrected chi connectivity index (χ2v) is 6.67. The molecule has 0 spiro atoms. The average Bonchev–Trinajstić information content (AvgIpc) is 2.91. The van der Waals surface area contributed by atoms with E-state index in [-0.39, 0.29) is 11.7 Å². The number of carbonyl (C=O) groups is 1. The molecule has 0 amide bonds. The van der Waals surface area contributed by atoms with Crippen LogP contribution in [0, 0.1) is 0 Å². The number of methoxy groups -OCH3 is 1. The summed E-state index contributed by atoms with van der Waals surface area (Å²) in [7, 11) is 1.57. The van der Waals surface area contributed by atoms with Gasteiger partial charge in [-0.1, -0.05) is 31.9 Å². The van der Waals surface area contributed by atoms with Crippen molar-refractivity contribution in [2.24, 2.45) is 0 Å². The van der Waals surface area contributed by atoms with Crippen LogP contribution in [0.4, 0.5) is 5.82 Å². The number of carbonyl (C=O) groups excluding carboxylic acids is 1. The molecule has 0 radical (unpaired) electrons. The quantitative estimate of drug-likeness (QED) is 0.481. The van der Waals surface area contributed by atoms with E-state index < -0.39 is 5.97 Å². The Morgan fingerprint density at radius 3 is 2.59 bits per heavy atom. The number of benzene rings is 1. The lowest BCUT2D eigenvalue weighted by Crippen LogP contribution is -2.20. The number of aryl methyl sites for hydroxylation is 1. The maximum atomic E-state index is 12.8. The fourth-order valence-electron chi connectivity index (χ4n) is 3.17. The molecule has 2 aromatic heterocycles. The highest BCUT2D eigenvalue weighted by molar-refractivity contribution is 6.08. The topological polar surface area (TPSA) is 92.3 Å². The molecule has 0 saturated heterocycles. The molecule has 1 unspecified atom stereocenters. The van der Waals surface area contributed by atoms with Crippen molar-refractivity contribution in [2.45, 2.75) is 45.8 Å². The molecule has 0 aliphatic rings.